The average Bonchev–Trinajstić information content (AvgIpc) is 2.64. The molecule has 2 heterocycles. The summed E-state index contributed by atoms with van der Waals surface area (Å²) < 4.78 is 0. The summed E-state index contributed by atoms with van der Waals surface area (Å²) in [5.74, 6) is -0.883. The number of hydrogen-bond acceptors (Lipinski definition) is 3. The third-order valence-corrected chi connectivity index (χ3v) is 2.53. The van der Waals surface area contributed by atoms with Crippen LogP contribution in [0.2, 0.25) is 0 Å². The van der Waals surface area contributed by atoms with Crippen molar-refractivity contribution in [2.24, 2.45) is 11.7 Å². The standard InChI is InChI=1S/C10H10N4O2/c11-3-6-4-14(5-6)10(16)8-2-1-7(13-8)9(12)15/h1-2,6,13H,4-5H2,(H2,12,15). The van der Waals surface area contributed by atoms with Gasteiger partial charge in [-0.25, -0.2) is 0 Å². The van der Waals surface area contributed by atoms with Gasteiger partial charge in [-0.3, -0.25) is 9.59 Å². The maximum absolute atomic E-state index is 11.8. The van der Waals surface area contributed by atoms with Crippen molar-refractivity contribution in [3.63, 3.8) is 0 Å². The van der Waals surface area contributed by atoms with Gasteiger partial charge < -0.3 is 15.6 Å². The molecule has 0 bridgehead atoms. The van der Waals surface area contributed by atoms with Crippen molar-refractivity contribution in [1.29, 1.82) is 5.26 Å². The number of nitriles is 1. The largest absolute Gasteiger partial charge is 0.364 e. The molecule has 0 aliphatic carbocycles. The van der Waals surface area contributed by atoms with Gasteiger partial charge >= 0.3 is 0 Å². The number of amides is 2. The van der Waals surface area contributed by atoms with Crippen LogP contribution < -0.4 is 5.73 Å². The van der Waals surface area contributed by atoms with Gasteiger partial charge in [0.25, 0.3) is 11.8 Å². The quantitative estimate of drug-likeness (QED) is 0.712. The minimum Gasteiger partial charge on any atom is -0.364 e. The zero-order valence-corrected chi connectivity index (χ0v) is 8.43. The molecule has 0 unspecified atom stereocenters. The van der Waals surface area contributed by atoms with Crippen molar-refractivity contribution in [1.82, 2.24) is 9.88 Å². The number of rotatable bonds is 2. The highest BCUT2D eigenvalue weighted by atomic mass is 16.2. The second-order valence-corrected chi connectivity index (χ2v) is 3.69. The number of carbonyl (C=O) groups is 2. The van der Waals surface area contributed by atoms with E-state index in [9.17, 15) is 9.59 Å². The molecule has 3 N–H and O–H groups in total. The molecule has 0 spiro atoms. The van der Waals surface area contributed by atoms with E-state index in [1.807, 2.05) is 0 Å². The zero-order valence-electron chi connectivity index (χ0n) is 8.43. The maximum atomic E-state index is 11.8. The molecular formula is C10H10N4O2. The summed E-state index contributed by atoms with van der Waals surface area (Å²) in [4.78, 5) is 26.8. The lowest BCUT2D eigenvalue weighted by molar-refractivity contribution is 0.0572. The third-order valence-electron chi connectivity index (χ3n) is 2.53. The van der Waals surface area contributed by atoms with Crippen LogP contribution in [0.1, 0.15) is 21.0 Å². The molecule has 1 fully saturated rings. The van der Waals surface area contributed by atoms with Crippen LogP contribution >= 0.6 is 0 Å². The lowest BCUT2D eigenvalue weighted by Gasteiger charge is -2.34. The van der Waals surface area contributed by atoms with Gasteiger partial charge in [-0.05, 0) is 12.1 Å². The topological polar surface area (TPSA) is 103 Å². The van der Waals surface area contributed by atoms with Gasteiger partial charge in [0.2, 0.25) is 0 Å². The molecule has 6 heteroatoms. The first kappa shape index (κ1) is 10.2. The summed E-state index contributed by atoms with van der Waals surface area (Å²) in [5, 5.41) is 8.58. The van der Waals surface area contributed by atoms with Crippen LogP contribution in [-0.4, -0.2) is 34.8 Å². The van der Waals surface area contributed by atoms with E-state index in [2.05, 4.69) is 11.1 Å². The Morgan fingerprint density at radius 3 is 2.56 bits per heavy atom. The van der Waals surface area contributed by atoms with E-state index in [1.165, 1.54) is 12.1 Å². The fraction of sp³-hybridized carbons (Fsp3) is 0.300. The van der Waals surface area contributed by atoms with Crippen LogP contribution in [0.25, 0.3) is 0 Å². The first-order chi connectivity index (χ1) is 7.61. The van der Waals surface area contributed by atoms with E-state index in [0.717, 1.165) is 0 Å². The van der Waals surface area contributed by atoms with Crippen molar-refractivity contribution >= 4 is 11.8 Å². The minimum atomic E-state index is -0.599. The molecule has 1 aromatic heterocycles. The molecule has 16 heavy (non-hydrogen) atoms. The summed E-state index contributed by atoms with van der Waals surface area (Å²) in [6.45, 7) is 0.889. The van der Waals surface area contributed by atoms with Crippen LogP contribution in [-0.2, 0) is 0 Å². The summed E-state index contributed by atoms with van der Waals surface area (Å²) in [7, 11) is 0. The molecule has 1 saturated heterocycles. The van der Waals surface area contributed by atoms with Gasteiger partial charge in [-0.2, -0.15) is 5.26 Å². The number of carbonyl (C=O) groups excluding carboxylic acids is 2. The first-order valence-electron chi connectivity index (χ1n) is 4.79. The molecule has 0 radical (unpaired) electrons. The monoisotopic (exact) mass is 218 g/mol. The number of aromatic nitrogens is 1. The number of hydrogen-bond donors (Lipinski definition) is 2. The Labute approximate surface area is 91.6 Å². The molecule has 6 nitrogen and oxygen atoms in total. The van der Waals surface area contributed by atoms with E-state index in [0.29, 0.717) is 18.8 Å². The Balaban J connectivity index is 2.05. The van der Waals surface area contributed by atoms with Crippen molar-refractivity contribution in [3.05, 3.63) is 23.5 Å². The Hall–Kier alpha value is -2.29. The molecule has 1 aliphatic heterocycles. The maximum Gasteiger partial charge on any atom is 0.270 e. The van der Waals surface area contributed by atoms with Crippen molar-refractivity contribution in [3.8, 4) is 6.07 Å². The molecule has 1 aliphatic rings. The van der Waals surface area contributed by atoms with E-state index in [4.69, 9.17) is 11.0 Å². The highest BCUT2D eigenvalue weighted by Gasteiger charge is 2.31. The van der Waals surface area contributed by atoms with Crippen molar-refractivity contribution in [2.45, 2.75) is 0 Å². The molecular weight excluding hydrogens is 208 g/mol. The molecule has 82 valence electrons. The summed E-state index contributed by atoms with van der Waals surface area (Å²) in [6.07, 6.45) is 0. The zero-order chi connectivity index (χ0) is 11.7. The fourth-order valence-electron chi connectivity index (χ4n) is 1.56. The molecule has 0 aromatic carbocycles. The molecule has 0 atom stereocenters. The second-order valence-electron chi connectivity index (χ2n) is 3.69. The van der Waals surface area contributed by atoms with Crippen LogP contribution in [0.15, 0.2) is 12.1 Å². The predicted molar refractivity (Wildman–Crippen MR) is 54.3 cm³/mol. The predicted octanol–water partition coefficient (Wildman–Crippen LogP) is -0.291. The Bertz CT molecular complexity index is 479. The van der Waals surface area contributed by atoms with Gasteiger partial charge in [0, 0.05) is 13.1 Å². The van der Waals surface area contributed by atoms with Crippen LogP contribution in [0.3, 0.4) is 0 Å². The lowest BCUT2D eigenvalue weighted by atomic mass is 10.0. The SMILES string of the molecule is N#CC1CN(C(=O)c2ccc(C(N)=O)[nH]2)C1. The number of nitrogens with one attached hydrogen (secondary N) is 1. The Morgan fingerprint density at radius 1 is 1.44 bits per heavy atom. The van der Waals surface area contributed by atoms with Crippen molar-refractivity contribution in [2.75, 3.05) is 13.1 Å². The van der Waals surface area contributed by atoms with E-state index >= 15 is 0 Å². The number of nitrogens with two attached hydrogens (primary N) is 1. The van der Waals surface area contributed by atoms with Gasteiger partial charge in [-0.15, -0.1) is 0 Å². The summed E-state index contributed by atoms with van der Waals surface area (Å²) >= 11 is 0. The highest BCUT2D eigenvalue weighted by Crippen LogP contribution is 2.17. The smallest absolute Gasteiger partial charge is 0.270 e. The number of primary amides is 1. The van der Waals surface area contributed by atoms with E-state index in [1.54, 1.807) is 4.90 Å². The van der Waals surface area contributed by atoms with Gasteiger partial charge in [0.15, 0.2) is 0 Å². The van der Waals surface area contributed by atoms with Crippen LogP contribution in [0.4, 0.5) is 0 Å². The van der Waals surface area contributed by atoms with Crippen molar-refractivity contribution < 1.29 is 9.59 Å². The number of H-pyrrole nitrogens is 1. The molecule has 2 amide bonds. The van der Waals surface area contributed by atoms with Gasteiger partial charge in [0.1, 0.15) is 11.4 Å². The average molecular weight is 218 g/mol. The highest BCUT2D eigenvalue weighted by molar-refractivity contribution is 5.97. The fourth-order valence-corrected chi connectivity index (χ4v) is 1.56. The summed E-state index contributed by atoms with van der Waals surface area (Å²) in [6, 6.07) is 5.07. The minimum absolute atomic E-state index is 0.0745. The van der Waals surface area contributed by atoms with Crippen LogP contribution in [0, 0.1) is 17.2 Å². The lowest BCUT2D eigenvalue weighted by Crippen LogP contribution is -2.49. The third kappa shape index (κ3) is 1.63. The second kappa shape index (κ2) is 3.70. The van der Waals surface area contributed by atoms with Gasteiger partial charge in [-0.1, -0.05) is 0 Å². The normalized spacial score (nSPS) is 15.3. The Morgan fingerprint density at radius 2 is 2.06 bits per heavy atom. The van der Waals surface area contributed by atoms with E-state index in [-0.39, 0.29) is 17.5 Å². The Kier molecular flexibility index (Phi) is 2.37. The van der Waals surface area contributed by atoms with Crippen LogP contribution in [0.5, 0.6) is 0 Å². The van der Waals surface area contributed by atoms with Gasteiger partial charge in [0.05, 0.1) is 12.0 Å². The molecule has 0 saturated carbocycles. The number of aromatic amines is 1. The summed E-state index contributed by atoms with van der Waals surface area (Å²) in [5.41, 5.74) is 5.59. The molecule has 1 aromatic rings. The molecule has 2 rings (SSSR count). The van der Waals surface area contributed by atoms with E-state index < -0.39 is 5.91 Å². The number of nitrogens with zero attached hydrogens (tertiary/aromatic N) is 2. The first-order valence-corrected chi connectivity index (χ1v) is 4.79. The number of likely N-dealkylation sites (tertiary alicyclic amines) is 1.